The summed E-state index contributed by atoms with van der Waals surface area (Å²) in [6.07, 6.45) is 6.50. The van der Waals surface area contributed by atoms with E-state index in [0.717, 1.165) is 43.2 Å². The highest BCUT2D eigenvalue weighted by molar-refractivity contribution is 5.85. The molecule has 222 valence electrons. The number of carbonyl (C=O) groups is 2. The van der Waals surface area contributed by atoms with Crippen molar-refractivity contribution in [3.05, 3.63) is 33.7 Å². The number of aryl methyl sites for hydroxylation is 2. The zero-order valence-corrected chi connectivity index (χ0v) is 23.7. The Kier molecular flexibility index (Phi) is 9.95. The van der Waals surface area contributed by atoms with Crippen molar-refractivity contribution in [1.82, 2.24) is 19.9 Å². The van der Waals surface area contributed by atoms with Gasteiger partial charge in [-0.1, -0.05) is 26.2 Å². The van der Waals surface area contributed by atoms with Crippen LogP contribution in [0.4, 0.5) is 4.39 Å². The summed E-state index contributed by atoms with van der Waals surface area (Å²) in [5.41, 5.74) is 2.04. The van der Waals surface area contributed by atoms with Crippen molar-refractivity contribution < 1.29 is 33.0 Å². The van der Waals surface area contributed by atoms with Gasteiger partial charge in [-0.2, -0.15) is 4.98 Å². The van der Waals surface area contributed by atoms with E-state index in [-0.39, 0.29) is 30.0 Å². The molecule has 1 atom stereocenters. The van der Waals surface area contributed by atoms with Gasteiger partial charge in [-0.3, -0.25) is 9.78 Å². The molecule has 0 radical (unpaired) electrons. The van der Waals surface area contributed by atoms with E-state index in [1.165, 1.54) is 11.3 Å². The fourth-order valence-corrected chi connectivity index (χ4v) is 5.14. The van der Waals surface area contributed by atoms with Crippen LogP contribution in [0.1, 0.15) is 69.4 Å². The minimum atomic E-state index is -0.999. The number of carboxylic acids is 1. The number of H-pyrrole nitrogens is 1. The number of ether oxygens (including phenoxy) is 2. The van der Waals surface area contributed by atoms with Crippen LogP contribution in [0, 0.1) is 13.8 Å². The zero-order chi connectivity index (χ0) is 29.5. The van der Waals surface area contributed by atoms with Gasteiger partial charge in [0, 0.05) is 12.1 Å². The molecule has 1 aromatic carbocycles. The number of alkyl halides is 1. The molecule has 5 rings (SSSR count). The minimum absolute atomic E-state index is 0.115. The SMILES string of the molecule is CCCOc1nc(=O)[nH]c2oc(-c3cc(C)c(OCC(=O)N4CCC[C@H]4C(=O)O)c(C)c3)nc12.FC1CCCCC1. The fourth-order valence-electron chi connectivity index (χ4n) is 5.14. The Morgan fingerprint density at radius 2 is 1.80 bits per heavy atom. The number of amides is 1. The number of hydrogen-bond acceptors (Lipinski definition) is 8. The molecule has 12 heteroatoms. The van der Waals surface area contributed by atoms with Gasteiger partial charge in [0.25, 0.3) is 5.91 Å². The number of aliphatic carboxylic acids is 1. The van der Waals surface area contributed by atoms with Gasteiger partial charge in [-0.15, -0.1) is 0 Å². The first-order valence-corrected chi connectivity index (χ1v) is 14.1. The van der Waals surface area contributed by atoms with Crippen LogP contribution in [0.15, 0.2) is 21.3 Å². The number of halogens is 1. The Morgan fingerprint density at radius 1 is 1.10 bits per heavy atom. The molecule has 11 nitrogen and oxygen atoms in total. The Hall–Kier alpha value is -3.96. The van der Waals surface area contributed by atoms with Gasteiger partial charge in [0.1, 0.15) is 18.0 Å². The maximum Gasteiger partial charge on any atom is 0.351 e. The molecule has 2 N–H and O–H groups in total. The van der Waals surface area contributed by atoms with Gasteiger partial charge in [0.2, 0.25) is 17.5 Å². The topological polar surface area (TPSA) is 148 Å². The summed E-state index contributed by atoms with van der Waals surface area (Å²) in [6, 6.07) is 2.80. The Morgan fingerprint density at radius 3 is 2.41 bits per heavy atom. The smallest absolute Gasteiger partial charge is 0.351 e. The van der Waals surface area contributed by atoms with E-state index in [2.05, 4.69) is 15.0 Å². The van der Waals surface area contributed by atoms with E-state index < -0.39 is 23.9 Å². The number of carboxylic acid groups (broad SMARTS) is 1. The van der Waals surface area contributed by atoms with Crippen LogP contribution in [-0.4, -0.2) is 68.8 Å². The Bertz CT molecular complexity index is 1410. The summed E-state index contributed by atoms with van der Waals surface area (Å²) >= 11 is 0. The van der Waals surface area contributed by atoms with Gasteiger partial charge in [-0.25, -0.2) is 19.0 Å². The third-order valence-electron chi connectivity index (χ3n) is 7.14. The van der Waals surface area contributed by atoms with Gasteiger partial charge in [-0.05, 0) is 69.2 Å². The number of oxazole rings is 1. The average molecular weight is 573 g/mol. The molecule has 41 heavy (non-hydrogen) atoms. The van der Waals surface area contributed by atoms with Crippen molar-refractivity contribution in [3.63, 3.8) is 0 Å². The zero-order valence-electron chi connectivity index (χ0n) is 23.7. The van der Waals surface area contributed by atoms with Gasteiger partial charge < -0.3 is 23.9 Å². The molecule has 2 aromatic heterocycles. The van der Waals surface area contributed by atoms with E-state index in [0.29, 0.717) is 42.8 Å². The van der Waals surface area contributed by atoms with Crippen LogP contribution in [0.25, 0.3) is 22.7 Å². The number of aromatic nitrogens is 3. The summed E-state index contributed by atoms with van der Waals surface area (Å²) in [6.45, 7) is 6.15. The van der Waals surface area contributed by atoms with Gasteiger partial charge >= 0.3 is 11.7 Å². The molecule has 1 saturated heterocycles. The largest absolute Gasteiger partial charge is 0.483 e. The van der Waals surface area contributed by atoms with Crippen molar-refractivity contribution in [2.24, 2.45) is 0 Å². The van der Waals surface area contributed by atoms with Crippen molar-refractivity contribution in [3.8, 4) is 23.1 Å². The molecule has 1 aliphatic heterocycles. The van der Waals surface area contributed by atoms with E-state index in [4.69, 9.17) is 13.9 Å². The van der Waals surface area contributed by atoms with Crippen molar-refractivity contribution >= 4 is 23.1 Å². The minimum Gasteiger partial charge on any atom is -0.483 e. The third-order valence-corrected chi connectivity index (χ3v) is 7.14. The van der Waals surface area contributed by atoms with Crippen LogP contribution >= 0.6 is 0 Å². The highest BCUT2D eigenvalue weighted by atomic mass is 19.1. The number of benzene rings is 1. The predicted octanol–water partition coefficient (Wildman–Crippen LogP) is 4.73. The lowest BCUT2D eigenvalue weighted by atomic mass is 9.99. The lowest BCUT2D eigenvalue weighted by Crippen LogP contribution is -2.42. The summed E-state index contributed by atoms with van der Waals surface area (Å²) < 4.78 is 29.3. The Labute approximate surface area is 237 Å². The molecule has 3 aromatic rings. The van der Waals surface area contributed by atoms with E-state index >= 15 is 0 Å². The number of nitrogens with one attached hydrogen (secondary N) is 1. The first kappa shape index (κ1) is 30.0. The number of nitrogens with zero attached hydrogens (tertiary/aromatic N) is 3. The molecule has 3 heterocycles. The molecule has 1 aliphatic carbocycles. The highest BCUT2D eigenvalue weighted by Gasteiger charge is 2.34. The van der Waals surface area contributed by atoms with Gasteiger partial charge in [0.15, 0.2) is 12.1 Å². The van der Waals surface area contributed by atoms with Crippen LogP contribution < -0.4 is 15.2 Å². The van der Waals surface area contributed by atoms with Crippen LogP contribution in [0.2, 0.25) is 0 Å². The van der Waals surface area contributed by atoms with Crippen LogP contribution in [0.5, 0.6) is 11.6 Å². The van der Waals surface area contributed by atoms with E-state index in [1.54, 1.807) is 12.1 Å². The van der Waals surface area contributed by atoms with E-state index in [1.807, 2.05) is 20.8 Å². The molecule has 0 spiro atoms. The number of likely N-dealkylation sites (tertiary alicyclic amines) is 1. The number of rotatable bonds is 8. The normalized spacial score (nSPS) is 17.3. The molecule has 2 fully saturated rings. The monoisotopic (exact) mass is 572 g/mol. The lowest BCUT2D eigenvalue weighted by molar-refractivity contribution is -0.149. The molecule has 0 unspecified atom stereocenters. The van der Waals surface area contributed by atoms with Crippen molar-refractivity contribution in [2.75, 3.05) is 19.8 Å². The Balaban J connectivity index is 0.000000483. The number of aromatic amines is 1. The number of hydrogen-bond donors (Lipinski definition) is 2. The first-order valence-electron chi connectivity index (χ1n) is 14.1. The predicted molar refractivity (Wildman–Crippen MR) is 149 cm³/mol. The quantitative estimate of drug-likeness (QED) is 0.391. The van der Waals surface area contributed by atoms with Crippen LogP contribution in [0.3, 0.4) is 0 Å². The summed E-state index contributed by atoms with van der Waals surface area (Å²) in [7, 11) is 0. The summed E-state index contributed by atoms with van der Waals surface area (Å²) in [5.74, 6) is -0.441. The second-order valence-electron chi connectivity index (χ2n) is 10.4. The fraction of sp³-hybridized carbons (Fsp3) is 0.552. The van der Waals surface area contributed by atoms with Crippen molar-refractivity contribution in [1.29, 1.82) is 0 Å². The first-order chi connectivity index (χ1) is 19.7. The van der Waals surface area contributed by atoms with E-state index in [9.17, 15) is 23.9 Å². The highest BCUT2D eigenvalue weighted by Crippen LogP contribution is 2.32. The molecule has 2 aliphatic rings. The molecular formula is C29H37FN4O7. The summed E-state index contributed by atoms with van der Waals surface area (Å²) in [5, 5.41) is 9.29. The van der Waals surface area contributed by atoms with Crippen molar-refractivity contribution in [2.45, 2.75) is 84.4 Å². The van der Waals surface area contributed by atoms with Crippen LogP contribution in [-0.2, 0) is 9.59 Å². The number of carbonyl (C=O) groups excluding carboxylic acids is 1. The molecular weight excluding hydrogens is 535 g/mol. The maximum atomic E-state index is 12.5. The standard InChI is InChI=1S/C23H26N4O7.C6H11F/c1-4-8-32-20-17-21(26-23(31)25-20)34-19(24-17)14-9-12(2)18(13(3)10-14)33-11-16(28)27-7-5-6-15(27)22(29)30;7-6-4-2-1-3-5-6/h9-10,15H,4-8,11H2,1-3H3,(H,29,30)(H,25,26,31);6H,1-5H2/t15-;/m0./s1. The summed E-state index contributed by atoms with van der Waals surface area (Å²) in [4.78, 5) is 47.9. The lowest BCUT2D eigenvalue weighted by Gasteiger charge is -2.22. The second kappa shape index (κ2) is 13.6. The number of fused-ring (bicyclic) bond motifs is 1. The van der Waals surface area contributed by atoms with Gasteiger partial charge in [0.05, 0.1) is 6.61 Å². The molecule has 1 saturated carbocycles. The maximum absolute atomic E-state index is 12.5. The average Bonchev–Trinajstić information content (AvgIpc) is 3.60. The second-order valence-corrected chi connectivity index (χ2v) is 10.4. The molecule has 1 amide bonds. The third kappa shape index (κ3) is 7.42. The molecule has 0 bridgehead atoms.